The number of pyridine rings is 1. The minimum absolute atomic E-state index is 0.0275. The average molecular weight is 434 g/mol. The van der Waals surface area contributed by atoms with Crippen molar-refractivity contribution in [3.05, 3.63) is 87.7 Å². The van der Waals surface area contributed by atoms with E-state index in [1.54, 1.807) is 23.0 Å². The predicted octanol–water partition coefficient (Wildman–Crippen LogP) is 4.28. The van der Waals surface area contributed by atoms with Crippen LogP contribution in [0.25, 0.3) is 21.2 Å². The van der Waals surface area contributed by atoms with Crippen LogP contribution in [0.4, 0.5) is 0 Å². The molecule has 0 unspecified atom stereocenters. The molecule has 0 aliphatic rings. The maximum Gasteiger partial charge on any atom is 0.259 e. The van der Waals surface area contributed by atoms with Gasteiger partial charge in [0, 0.05) is 34.9 Å². The number of ether oxygens (including phenoxy) is 1. The Balaban J connectivity index is 1.63. The van der Waals surface area contributed by atoms with Crippen molar-refractivity contribution in [2.75, 3.05) is 13.1 Å². The SMILES string of the molecule is Cn1cc(-c2cccc(OCc3ccccc3)c2)c2sc(CNCCCN)cc2c1=O. The number of nitrogens with two attached hydrogens (primary N) is 1. The number of hydrogen-bond donors (Lipinski definition) is 2. The van der Waals surface area contributed by atoms with Crippen LogP contribution in [0.5, 0.6) is 5.75 Å². The number of rotatable bonds is 9. The molecule has 0 saturated heterocycles. The van der Waals surface area contributed by atoms with Gasteiger partial charge in [-0.2, -0.15) is 0 Å². The van der Waals surface area contributed by atoms with Crippen molar-refractivity contribution in [1.82, 2.24) is 9.88 Å². The molecule has 2 heterocycles. The van der Waals surface area contributed by atoms with E-state index in [1.807, 2.05) is 48.7 Å². The lowest BCUT2D eigenvalue weighted by Crippen LogP contribution is -2.17. The Morgan fingerprint density at radius 3 is 2.74 bits per heavy atom. The second-order valence-corrected chi connectivity index (χ2v) is 8.67. The molecular weight excluding hydrogens is 406 g/mol. The Bertz CT molecular complexity index is 1210. The smallest absolute Gasteiger partial charge is 0.259 e. The Morgan fingerprint density at radius 2 is 1.94 bits per heavy atom. The molecule has 0 amide bonds. The Kier molecular flexibility index (Phi) is 6.82. The highest BCUT2D eigenvalue weighted by Crippen LogP contribution is 2.34. The summed E-state index contributed by atoms with van der Waals surface area (Å²) in [6, 6.07) is 20.2. The lowest BCUT2D eigenvalue weighted by Gasteiger charge is -2.10. The molecule has 4 aromatic rings. The molecule has 0 spiro atoms. The summed E-state index contributed by atoms with van der Waals surface area (Å²) in [5, 5.41) is 4.16. The number of fused-ring (bicyclic) bond motifs is 1. The zero-order valence-corrected chi connectivity index (χ0v) is 18.5. The number of aromatic nitrogens is 1. The highest BCUT2D eigenvalue weighted by atomic mass is 32.1. The first-order valence-corrected chi connectivity index (χ1v) is 11.3. The summed E-state index contributed by atoms with van der Waals surface area (Å²) < 4.78 is 8.69. The lowest BCUT2D eigenvalue weighted by molar-refractivity contribution is 0.306. The zero-order chi connectivity index (χ0) is 21.6. The summed E-state index contributed by atoms with van der Waals surface area (Å²) in [5.74, 6) is 0.809. The van der Waals surface area contributed by atoms with Crippen LogP contribution in [0.3, 0.4) is 0 Å². The minimum Gasteiger partial charge on any atom is -0.489 e. The molecular formula is C25H27N3O2S. The molecule has 0 aliphatic carbocycles. The Morgan fingerprint density at radius 1 is 1.10 bits per heavy atom. The van der Waals surface area contributed by atoms with E-state index >= 15 is 0 Å². The normalized spacial score (nSPS) is 11.2. The van der Waals surface area contributed by atoms with E-state index in [9.17, 15) is 4.79 Å². The van der Waals surface area contributed by atoms with E-state index in [1.165, 1.54) is 0 Å². The van der Waals surface area contributed by atoms with E-state index in [0.717, 1.165) is 56.9 Å². The molecule has 3 N–H and O–H groups in total. The van der Waals surface area contributed by atoms with Crippen molar-refractivity contribution in [3.8, 4) is 16.9 Å². The third-order valence-electron chi connectivity index (χ3n) is 5.15. The first-order chi connectivity index (χ1) is 15.2. The molecule has 0 radical (unpaired) electrons. The van der Waals surface area contributed by atoms with Gasteiger partial charge in [0.15, 0.2) is 0 Å². The predicted molar refractivity (Wildman–Crippen MR) is 129 cm³/mol. The van der Waals surface area contributed by atoms with Gasteiger partial charge in [-0.25, -0.2) is 0 Å². The van der Waals surface area contributed by atoms with Crippen molar-refractivity contribution in [2.24, 2.45) is 12.8 Å². The molecule has 0 bridgehead atoms. The molecule has 0 fully saturated rings. The van der Waals surface area contributed by atoms with Crippen molar-refractivity contribution in [3.63, 3.8) is 0 Å². The number of thiophene rings is 1. The van der Waals surface area contributed by atoms with Crippen molar-refractivity contribution in [2.45, 2.75) is 19.6 Å². The summed E-state index contributed by atoms with van der Waals surface area (Å²) in [7, 11) is 1.80. The summed E-state index contributed by atoms with van der Waals surface area (Å²) in [6.07, 6.45) is 2.86. The maximum atomic E-state index is 12.7. The number of aryl methyl sites for hydroxylation is 1. The number of hydrogen-bond acceptors (Lipinski definition) is 5. The van der Waals surface area contributed by atoms with Crippen molar-refractivity contribution < 1.29 is 4.74 Å². The molecule has 0 aliphatic heterocycles. The minimum atomic E-state index is 0.0275. The third-order valence-corrected chi connectivity index (χ3v) is 6.32. The molecule has 4 rings (SSSR count). The summed E-state index contributed by atoms with van der Waals surface area (Å²) in [6.45, 7) is 2.80. The molecule has 0 saturated carbocycles. The molecule has 2 aromatic heterocycles. The van der Waals surface area contributed by atoms with E-state index in [4.69, 9.17) is 10.5 Å². The van der Waals surface area contributed by atoms with Gasteiger partial charge in [-0.3, -0.25) is 4.79 Å². The van der Waals surface area contributed by atoms with Gasteiger partial charge in [0.2, 0.25) is 0 Å². The molecule has 0 atom stereocenters. The highest BCUT2D eigenvalue weighted by molar-refractivity contribution is 7.19. The van der Waals surface area contributed by atoms with Crippen LogP contribution in [0.1, 0.15) is 16.9 Å². The fourth-order valence-electron chi connectivity index (χ4n) is 3.53. The van der Waals surface area contributed by atoms with Gasteiger partial charge in [-0.15, -0.1) is 11.3 Å². The zero-order valence-electron chi connectivity index (χ0n) is 17.6. The van der Waals surface area contributed by atoms with E-state index in [0.29, 0.717) is 13.2 Å². The average Bonchev–Trinajstić information content (AvgIpc) is 3.23. The van der Waals surface area contributed by atoms with E-state index < -0.39 is 0 Å². The van der Waals surface area contributed by atoms with Crippen molar-refractivity contribution in [1.29, 1.82) is 0 Å². The second-order valence-electron chi connectivity index (χ2n) is 7.54. The first kappa shape index (κ1) is 21.3. The van der Waals surface area contributed by atoms with Gasteiger partial charge in [0.05, 0.1) is 5.39 Å². The number of nitrogens with one attached hydrogen (secondary N) is 1. The maximum absolute atomic E-state index is 12.7. The van der Waals surface area contributed by atoms with E-state index in [2.05, 4.69) is 23.5 Å². The Hall–Kier alpha value is -2.93. The van der Waals surface area contributed by atoms with Gasteiger partial charge in [0.1, 0.15) is 12.4 Å². The standard InChI is InChI=1S/C25H27N3O2S/c1-28-16-23(24-22(25(28)29)14-21(31-24)15-27-12-6-11-26)19-9-5-10-20(13-19)30-17-18-7-3-2-4-8-18/h2-5,7-10,13-14,16,27H,6,11-12,15,17,26H2,1H3. The van der Waals surface area contributed by atoms with Crippen LogP contribution in [-0.4, -0.2) is 17.7 Å². The molecule has 31 heavy (non-hydrogen) atoms. The topological polar surface area (TPSA) is 69.3 Å². The van der Waals surface area contributed by atoms with Crippen LogP contribution < -0.4 is 21.3 Å². The summed E-state index contributed by atoms with van der Waals surface area (Å²) >= 11 is 1.67. The summed E-state index contributed by atoms with van der Waals surface area (Å²) in [5.41, 5.74) is 8.80. The third kappa shape index (κ3) is 5.05. The van der Waals surface area contributed by atoms with Gasteiger partial charge in [0.25, 0.3) is 5.56 Å². The van der Waals surface area contributed by atoms with Gasteiger partial charge in [-0.05, 0) is 48.8 Å². The van der Waals surface area contributed by atoms with Crippen LogP contribution in [0, 0.1) is 0 Å². The summed E-state index contributed by atoms with van der Waals surface area (Å²) in [4.78, 5) is 13.9. The monoisotopic (exact) mass is 433 g/mol. The molecule has 160 valence electrons. The van der Waals surface area contributed by atoms with Crippen LogP contribution >= 0.6 is 11.3 Å². The fourth-order valence-corrected chi connectivity index (χ4v) is 4.68. The van der Waals surface area contributed by atoms with Gasteiger partial charge >= 0.3 is 0 Å². The molecule has 5 nitrogen and oxygen atoms in total. The highest BCUT2D eigenvalue weighted by Gasteiger charge is 2.14. The lowest BCUT2D eigenvalue weighted by atomic mass is 10.1. The molecule has 6 heteroatoms. The number of nitrogens with zero attached hydrogens (tertiary/aromatic N) is 1. The van der Waals surface area contributed by atoms with E-state index in [-0.39, 0.29) is 5.56 Å². The molecule has 2 aromatic carbocycles. The van der Waals surface area contributed by atoms with Gasteiger partial charge < -0.3 is 20.4 Å². The Labute approximate surface area is 186 Å². The fraction of sp³-hybridized carbons (Fsp3) is 0.240. The first-order valence-electron chi connectivity index (χ1n) is 10.5. The van der Waals surface area contributed by atoms with Gasteiger partial charge in [-0.1, -0.05) is 42.5 Å². The quantitative estimate of drug-likeness (QED) is 0.387. The largest absolute Gasteiger partial charge is 0.489 e. The van der Waals surface area contributed by atoms with Crippen molar-refractivity contribution >= 4 is 21.4 Å². The number of benzene rings is 2. The van der Waals surface area contributed by atoms with Crippen LogP contribution in [0.2, 0.25) is 0 Å². The van der Waals surface area contributed by atoms with Crippen LogP contribution in [-0.2, 0) is 20.2 Å². The second kappa shape index (κ2) is 9.92. The van der Waals surface area contributed by atoms with Crippen LogP contribution in [0.15, 0.2) is 71.7 Å².